The van der Waals surface area contributed by atoms with Crippen LogP contribution in [-0.4, -0.2) is 183 Å². The molecule has 0 aliphatic carbocycles. The van der Waals surface area contributed by atoms with Crippen molar-refractivity contribution < 1.29 is 94.3 Å². The fourth-order valence-electron chi connectivity index (χ4n) is 6.64. The predicted molar refractivity (Wildman–Crippen MR) is 227 cm³/mol. The number of ether oxygens (including phenoxy) is 5. The average Bonchev–Trinajstić information content (AvgIpc) is 4.01. The van der Waals surface area contributed by atoms with Crippen LogP contribution in [0.2, 0.25) is 0 Å². The molecule has 0 bridgehead atoms. The monoisotopic (exact) mass is 1020 g/mol. The van der Waals surface area contributed by atoms with Gasteiger partial charge in [0.05, 0.1) is 84.5 Å². The molecule has 3 fully saturated rings. The lowest BCUT2D eigenvalue weighted by molar-refractivity contribution is -0.122. The van der Waals surface area contributed by atoms with Crippen molar-refractivity contribution in [2.24, 2.45) is 0 Å². The zero-order chi connectivity index (χ0) is 47.7. The minimum atomic E-state index is -5.84. The van der Waals surface area contributed by atoms with Gasteiger partial charge in [0.1, 0.15) is 30.2 Å². The molecule has 3 saturated heterocycles. The number of rotatable bonds is 32. The van der Waals surface area contributed by atoms with Gasteiger partial charge in [-0.3, -0.25) is 23.2 Å². The van der Waals surface area contributed by atoms with Crippen molar-refractivity contribution in [2.75, 3.05) is 90.6 Å². The number of nitrogen functional groups attached to an aromatic ring is 1. The number of nitrogens with one attached hydrogen (secondary N) is 4. The van der Waals surface area contributed by atoms with E-state index in [9.17, 15) is 53.0 Å². The number of anilines is 1. The maximum absolute atomic E-state index is 12.4. The van der Waals surface area contributed by atoms with Crippen LogP contribution >= 0.6 is 35.2 Å². The molecule has 5 heterocycles. The Labute approximate surface area is 381 Å². The first-order valence-corrected chi connectivity index (χ1v) is 26.1. The van der Waals surface area contributed by atoms with Crippen molar-refractivity contribution in [2.45, 2.75) is 74.0 Å². The maximum Gasteiger partial charge on any atom is 0.490 e. The van der Waals surface area contributed by atoms with Crippen LogP contribution in [0.5, 0.6) is 0 Å². The van der Waals surface area contributed by atoms with Gasteiger partial charge in [-0.25, -0.2) is 33.4 Å². The lowest BCUT2D eigenvalue weighted by atomic mass is 10.0. The molecule has 66 heavy (non-hydrogen) atoms. The molecule has 33 heteroatoms. The third kappa shape index (κ3) is 17.5. The van der Waals surface area contributed by atoms with E-state index >= 15 is 0 Å². The Morgan fingerprint density at radius 3 is 2.12 bits per heavy atom. The molecule has 0 aromatic carbocycles. The van der Waals surface area contributed by atoms with Gasteiger partial charge in [0, 0.05) is 36.9 Å². The number of thioether (sulfide) groups is 1. The summed E-state index contributed by atoms with van der Waals surface area (Å²) in [5, 5.41) is 32.4. The number of aliphatic hydroxyl groups excluding tert-OH is 2. The molecule has 11 N–H and O–H groups in total. The average molecular weight is 1020 g/mol. The standard InChI is InChI=1S/C33H56N9O20P3S/c34-30-27-31(38-19-37-30)42(20-39-27)32-29(46)28(45)22(60-32)17-59-64(50,51)62-65(52,53)61-63(48,49)58-10-7-36-25(44)5-8-54-11-13-56-15-16-57-14-12-55-9-6-35-24(43)4-2-1-3-23-26-21(18-66-23)40-33(47)41-26/h19-23,26,28-29,32,45-46H,1-18H2,(H,35,43)(H,36,44)(H,48,49)(H,50,51)(H,52,53)(H2,34,37,38)(H2,40,41,47)/t21-,22+,23-,26-,28+,29+,32+/m0/s1. The van der Waals surface area contributed by atoms with Crippen LogP contribution in [0.3, 0.4) is 0 Å². The fourth-order valence-corrected chi connectivity index (χ4v) is 11.7. The molecule has 2 aromatic rings. The van der Waals surface area contributed by atoms with Gasteiger partial charge in [-0.15, -0.1) is 0 Å². The van der Waals surface area contributed by atoms with Crippen molar-refractivity contribution in [3.63, 3.8) is 0 Å². The molecule has 374 valence electrons. The Morgan fingerprint density at radius 1 is 0.803 bits per heavy atom. The van der Waals surface area contributed by atoms with Gasteiger partial charge in [-0.1, -0.05) is 6.42 Å². The second-order valence-electron chi connectivity index (χ2n) is 14.6. The van der Waals surface area contributed by atoms with Gasteiger partial charge in [-0.05, 0) is 12.8 Å². The number of aromatic nitrogens is 4. The second kappa shape index (κ2) is 26.1. The number of fused-ring (bicyclic) bond motifs is 2. The quantitative estimate of drug-likeness (QED) is 0.0234. The smallest absolute Gasteiger partial charge is 0.387 e. The SMILES string of the molecule is Nc1ncnc2c1ncn2[C@@H]1O[C@H](COP(=O)(O)OP(=O)(O)OP(=O)(O)OCCNC(=O)CCOCCOCCOCCOCCNC(=O)CCCC[C@@H]2SC[C@@H]3NC(=O)N[C@@H]32)[C@@H](O)[C@H]1O. The predicted octanol–water partition coefficient (Wildman–Crippen LogP) is -1.19. The number of aliphatic hydroxyl groups is 2. The van der Waals surface area contributed by atoms with E-state index in [0.29, 0.717) is 51.2 Å². The normalized spacial score (nSPS) is 25.4. The summed E-state index contributed by atoms with van der Waals surface area (Å²) in [6, 6.07) is 0.275. The minimum absolute atomic E-state index is 0.0144. The molecule has 4 amide bonds. The highest BCUT2D eigenvalue weighted by Crippen LogP contribution is 2.67. The molecule has 3 aliphatic heterocycles. The molecule has 0 saturated carbocycles. The summed E-state index contributed by atoms with van der Waals surface area (Å²) < 4.78 is 82.4. The first-order chi connectivity index (χ1) is 31.4. The molecule has 0 spiro atoms. The number of urea groups is 1. The number of hydrogen-bond donors (Lipinski definition) is 10. The van der Waals surface area contributed by atoms with Crippen LogP contribution in [0.4, 0.5) is 10.6 Å². The number of nitrogens with zero attached hydrogens (tertiary/aromatic N) is 4. The van der Waals surface area contributed by atoms with Crippen molar-refractivity contribution in [1.82, 2.24) is 40.8 Å². The van der Waals surface area contributed by atoms with E-state index in [1.807, 2.05) is 11.8 Å². The van der Waals surface area contributed by atoms with Crippen LogP contribution in [-0.2, 0) is 64.6 Å². The van der Waals surface area contributed by atoms with E-state index in [1.165, 1.54) is 10.9 Å². The van der Waals surface area contributed by atoms with Crippen LogP contribution in [0.15, 0.2) is 12.7 Å². The highest BCUT2D eigenvalue weighted by Gasteiger charge is 2.47. The third-order valence-electron chi connectivity index (χ3n) is 9.73. The zero-order valence-electron chi connectivity index (χ0n) is 35.4. The summed E-state index contributed by atoms with van der Waals surface area (Å²) in [6.07, 6.45) is -0.890. The molecule has 3 unspecified atom stereocenters. The maximum atomic E-state index is 12.4. The Bertz CT molecular complexity index is 2050. The van der Waals surface area contributed by atoms with Crippen molar-refractivity contribution in [3.8, 4) is 0 Å². The van der Waals surface area contributed by atoms with E-state index in [1.54, 1.807) is 0 Å². The summed E-state index contributed by atoms with van der Waals surface area (Å²) in [4.78, 5) is 77.0. The fraction of sp³-hybridized carbons (Fsp3) is 0.758. The first-order valence-electron chi connectivity index (χ1n) is 20.6. The van der Waals surface area contributed by atoms with Crippen LogP contribution in [0, 0.1) is 0 Å². The van der Waals surface area contributed by atoms with Gasteiger partial charge < -0.3 is 75.6 Å². The minimum Gasteiger partial charge on any atom is -0.387 e. The van der Waals surface area contributed by atoms with Crippen LogP contribution in [0.25, 0.3) is 11.2 Å². The van der Waals surface area contributed by atoms with E-state index < -0.39 is 67.1 Å². The number of carbonyl (C=O) groups excluding carboxylic acids is 3. The van der Waals surface area contributed by atoms with Gasteiger partial charge in [0.2, 0.25) is 11.8 Å². The zero-order valence-corrected chi connectivity index (χ0v) is 38.9. The highest BCUT2D eigenvalue weighted by molar-refractivity contribution is 8.00. The number of carbonyl (C=O) groups is 3. The van der Waals surface area contributed by atoms with Crippen molar-refractivity contribution in [3.05, 3.63) is 12.7 Å². The highest BCUT2D eigenvalue weighted by atomic mass is 32.2. The number of phosphoric acid groups is 3. The van der Waals surface area contributed by atoms with Crippen LogP contribution in [0.1, 0.15) is 38.3 Å². The lowest BCUT2D eigenvalue weighted by Gasteiger charge is -2.20. The van der Waals surface area contributed by atoms with Crippen molar-refractivity contribution >= 4 is 70.1 Å². The van der Waals surface area contributed by atoms with Crippen molar-refractivity contribution in [1.29, 1.82) is 0 Å². The Balaban J connectivity index is 0.798. The summed E-state index contributed by atoms with van der Waals surface area (Å²) >= 11 is 1.86. The van der Waals surface area contributed by atoms with E-state index in [2.05, 4.69) is 53.9 Å². The largest absolute Gasteiger partial charge is 0.490 e. The molecular weight excluding hydrogens is 967 g/mol. The molecule has 10 atom stereocenters. The number of imidazole rings is 1. The summed E-state index contributed by atoms with van der Waals surface area (Å²) in [5.74, 6) is 0.383. The molecular formula is C33H56N9O20P3S. The Morgan fingerprint density at radius 2 is 1.42 bits per heavy atom. The van der Waals surface area contributed by atoms with Crippen LogP contribution < -0.4 is 27.0 Å². The van der Waals surface area contributed by atoms with E-state index in [4.69, 9.17) is 29.4 Å². The lowest BCUT2D eigenvalue weighted by Crippen LogP contribution is -2.36. The van der Waals surface area contributed by atoms with Gasteiger partial charge in [0.25, 0.3) is 0 Å². The third-order valence-corrected chi connectivity index (χ3v) is 15.5. The number of phosphoric ester groups is 2. The Hall–Kier alpha value is -2.96. The summed E-state index contributed by atoms with van der Waals surface area (Å²) in [7, 11) is -16.8. The van der Waals surface area contributed by atoms with E-state index in [0.717, 1.165) is 31.3 Å². The number of hydrogen-bond acceptors (Lipinski definition) is 22. The topological polar surface area (TPSA) is 404 Å². The summed E-state index contributed by atoms with van der Waals surface area (Å²) in [5.41, 5.74) is 6.04. The number of unbranched alkanes of at least 4 members (excludes halogenated alkanes) is 1. The molecule has 5 rings (SSSR count). The molecule has 3 aliphatic rings. The number of amides is 4. The summed E-state index contributed by atoms with van der Waals surface area (Å²) in [6.45, 7) is 0.419. The van der Waals surface area contributed by atoms with E-state index in [-0.39, 0.29) is 73.8 Å². The number of nitrogens with two attached hydrogens (primary N) is 1. The molecule has 0 radical (unpaired) electrons. The Kier molecular flexibility index (Phi) is 21.4. The van der Waals surface area contributed by atoms with Gasteiger partial charge >= 0.3 is 29.5 Å². The molecule has 2 aromatic heterocycles. The van der Waals surface area contributed by atoms with Gasteiger partial charge in [-0.2, -0.15) is 20.4 Å². The van der Waals surface area contributed by atoms with Gasteiger partial charge in [0.15, 0.2) is 17.7 Å². The molecule has 29 nitrogen and oxygen atoms in total. The second-order valence-corrected chi connectivity index (χ2v) is 20.5. The first kappa shape index (κ1) is 54.0.